The minimum Gasteiger partial charge on any atom is -0.726 e. The lowest BCUT2D eigenvalue weighted by atomic mass is 9.87. The van der Waals surface area contributed by atoms with Crippen molar-refractivity contribution in [1.29, 1.82) is 0 Å². The molecule has 0 fully saturated rings. The van der Waals surface area contributed by atoms with Gasteiger partial charge < -0.3 is 14.4 Å². The summed E-state index contributed by atoms with van der Waals surface area (Å²) in [5.74, 6) is -74.4. The van der Waals surface area contributed by atoms with E-state index in [0.717, 1.165) is 0 Å². The highest BCUT2D eigenvalue weighted by Crippen LogP contribution is 2.66. The molecule has 0 aromatic rings. The number of quaternary nitrogens is 1. The number of nitrogens with one attached hydrogen (secondary N) is 1. The lowest BCUT2D eigenvalue weighted by molar-refractivity contribution is -0.870. The van der Waals surface area contributed by atoms with Crippen molar-refractivity contribution in [2.75, 3.05) is 53.1 Å². The average Bonchev–Trinajstić information content (AvgIpc) is 2.87. The summed E-state index contributed by atoms with van der Waals surface area (Å²) < 4.78 is 337. The molecule has 0 amide bonds. The number of hydrogen-bond acceptors (Lipinski definition) is 7. The van der Waals surface area contributed by atoms with E-state index >= 15 is 0 Å². The summed E-state index contributed by atoms with van der Waals surface area (Å²) in [5, 5.41) is -5.68. The highest BCUT2D eigenvalue weighted by atomic mass is 32.3. The van der Waals surface area contributed by atoms with Crippen LogP contribution in [0.4, 0.5) is 92.2 Å². The van der Waals surface area contributed by atoms with Crippen LogP contribution >= 0.6 is 0 Å². The predicted octanol–water partition coefficient (Wildman–Crippen LogP) is 5.81. The molecule has 310 valence electrons. The van der Waals surface area contributed by atoms with Gasteiger partial charge >= 0.3 is 58.8 Å². The van der Waals surface area contributed by atoms with Crippen LogP contribution in [0.3, 0.4) is 0 Å². The third kappa shape index (κ3) is 9.69. The second-order valence-electron chi connectivity index (χ2n) is 10.9. The molecule has 51 heavy (non-hydrogen) atoms. The van der Waals surface area contributed by atoms with Gasteiger partial charge in [0.15, 0.2) is 0 Å². The normalized spacial score (nSPS) is 15.8. The fraction of sp³-hybridized carbons (Fsp3) is 1.00. The summed E-state index contributed by atoms with van der Waals surface area (Å²) in [4.78, 5) is 0. The molecule has 0 spiro atoms. The van der Waals surface area contributed by atoms with Crippen LogP contribution in [0.1, 0.15) is 13.3 Å². The largest absolute Gasteiger partial charge is 0.726 e. The van der Waals surface area contributed by atoms with Gasteiger partial charge in [-0.05, 0) is 6.92 Å². The molecule has 0 aromatic heterocycles. The number of alkyl halides is 21. The van der Waals surface area contributed by atoms with Gasteiger partial charge in [0.1, 0.15) is 0 Å². The molecule has 0 saturated carbocycles. The van der Waals surface area contributed by atoms with Gasteiger partial charge in [0.05, 0.1) is 40.0 Å². The van der Waals surface area contributed by atoms with Gasteiger partial charge in [-0.1, -0.05) is 0 Å². The zero-order chi connectivity index (χ0) is 42.2. The first-order chi connectivity index (χ1) is 21.8. The lowest BCUT2D eigenvalue weighted by Crippen LogP contribution is -2.77. The Bertz CT molecular complexity index is 1380. The molecular formula is C20H25F21N2O6S2. The summed E-state index contributed by atoms with van der Waals surface area (Å²) in [6, 6.07) is 0. The third-order valence-corrected chi connectivity index (χ3v) is 8.17. The Hall–Kier alpha value is -1.73. The Labute approximate surface area is 273 Å². The maximum Gasteiger partial charge on any atom is 0.460 e. The third-order valence-electron chi connectivity index (χ3n) is 5.86. The molecule has 0 aliphatic carbocycles. The van der Waals surface area contributed by atoms with Crippen LogP contribution in [0, 0.1) is 0 Å². The molecule has 0 bridgehead atoms. The maximum atomic E-state index is 14.0. The number of halogens is 21. The molecule has 0 aromatic carbocycles. The zero-order valence-electron chi connectivity index (χ0n) is 25.4. The van der Waals surface area contributed by atoms with Crippen molar-refractivity contribution in [3.63, 3.8) is 0 Å². The summed E-state index contributed by atoms with van der Waals surface area (Å²) >= 11 is 0. The fourth-order valence-corrected chi connectivity index (χ4v) is 4.50. The molecule has 0 saturated heterocycles. The summed E-state index contributed by atoms with van der Waals surface area (Å²) in [5.41, 5.74) is 0. The standard InChI is InChI=1S/C18H20F21N2O2S.C2H6O4S/c1-41(2,3)7-4-5-40-6-8-44(42,43)18(38,39)16(33,34)14(29,30)12(25,26)10(21,22)9(19,20)11(23,24)13(27,28)15(31,32)17(35,36)37;1-2-6-7(3,4)5/h40H,4-8H2,1-3H3;2H2,1H3,(H,3,4,5)/q+1;/p-1. The fourth-order valence-electron chi connectivity index (χ4n) is 3.02. The van der Waals surface area contributed by atoms with Crippen molar-refractivity contribution < 1.29 is 122 Å². The highest BCUT2D eigenvalue weighted by Gasteiger charge is 2.98. The monoisotopic (exact) mass is 852 g/mol. The van der Waals surface area contributed by atoms with Gasteiger partial charge in [0, 0.05) is 19.5 Å². The molecule has 1 N–H and O–H groups in total. The van der Waals surface area contributed by atoms with E-state index in [2.05, 4.69) is 4.18 Å². The van der Waals surface area contributed by atoms with E-state index in [9.17, 15) is 114 Å². The summed E-state index contributed by atoms with van der Waals surface area (Å²) in [6.07, 6.45) is -7.97. The first-order valence-electron chi connectivity index (χ1n) is 12.6. The molecule has 8 nitrogen and oxygen atoms in total. The van der Waals surface area contributed by atoms with Crippen molar-refractivity contribution in [1.82, 2.24) is 5.32 Å². The number of hydrogen-bond donors (Lipinski definition) is 1. The van der Waals surface area contributed by atoms with E-state index in [1.807, 2.05) is 5.32 Å². The maximum absolute atomic E-state index is 14.0. The smallest absolute Gasteiger partial charge is 0.460 e. The topological polar surface area (TPSA) is 113 Å². The van der Waals surface area contributed by atoms with E-state index in [-0.39, 0.29) is 30.6 Å². The van der Waals surface area contributed by atoms with Gasteiger partial charge in [0.2, 0.25) is 20.2 Å². The van der Waals surface area contributed by atoms with Gasteiger partial charge in [-0.2, -0.15) is 92.2 Å². The predicted molar refractivity (Wildman–Crippen MR) is 126 cm³/mol. The Morgan fingerprint density at radius 3 is 1.12 bits per heavy atom. The molecule has 0 unspecified atom stereocenters. The first kappa shape index (κ1) is 51.4. The number of nitrogens with zero attached hydrogens (tertiary/aromatic N) is 1. The van der Waals surface area contributed by atoms with Gasteiger partial charge in [-0.25, -0.2) is 16.8 Å². The van der Waals surface area contributed by atoms with Gasteiger partial charge in [0.25, 0.3) is 0 Å². The van der Waals surface area contributed by atoms with E-state index in [1.165, 1.54) is 6.92 Å². The van der Waals surface area contributed by atoms with Crippen LogP contribution in [-0.4, -0.2) is 138 Å². The molecular weight excluding hydrogens is 827 g/mol. The van der Waals surface area contributed by atoms with Crippen LogP contribution in [0.15, 0.2) is 0 Å². The van der Waals surface area contributed by atoms with Crippen molar-refractivity contribution >= 4 is 20.2 Å². The molecule has 31 heteroatoms. The lowest BCUT2D eigenvalue weighted by Gasteiger charge is -2.44. The van der Waals surface area contributed by atoms with Crippen molar-refractivity contribution in [2.45, 2.75) is 72.2 Å². The first-order valence-corrected chi connectivity index (χ1v) is 15.6. The van der Waals surface area contributed by atoms with E-state index < -0.39 is 91.3 Å². The van der Waals surface area contributed by atoms with Crippen LogP contribution in [0.2, 0.25) is 0 Å². The SMILES string of the molecule is CCOS(=O)(=O)[O-].C[N+](C)(C)CCCNCCS(=O)(=O)C(F)(F)C(F)(F)C(F)(F)C(F)(F)C(F)(F)C(F)(F)C(F)(F)C(F)(F)C(F)(F)C(F)(F)F. The van der Waals surface area contributed by atoms with Gasteiger partial charge in [-0.3, -0.25) is 4.18 Å². The molecule has 0 rings (SSSR count). The molecule has 0 aliphatic rings. The molecule has 0 atom stereocenters. The number of sulfone groups is 1. The Morgan fingerprint density at radius 2 is 0.863 bits per heavy atom. The second kappa shape index (κ2) is 15.2. The van der Waals surface area contributed by atoms with Crippen molar-refractivity contribution in [3.8, 4) is 0 Å². The Balaban J connectivity index is 0. The van der Waals surface area contributed by atoms with E-state index in [0.29, 0.717) is 0 Å². The molecule has 0 heterocycles. The van der Waals surface area contributed by atoms with Crippen molar-refractivity contribution in [2.24, 2.45) is 0 Å². The highest BCUT2D eigenvalue weighted by molar-refractivity contribution is 7.92. The van der Waals surface area contributed by atoms with Crippen molar-refractivity contribution in [3.05, 3.63) is 0 Å². The Kier molecular flexibility index (Phi) is 15.3. The average molecular weight is 853 g/mol. The second-order valence-corrected chi connectivity index (χ2v) is 14.1. The van der Waals surface area contributed by atoms with Crippen LogP contribution in [0.5, 0.6) is 0 Å². The summed E-state index contributed by atoms with van der Waals surface area (Å²) in [7, 11) is -6.80. The Morgan fingerprint density at radius 1 is 0.549 bits per heavy atom. The van der Waals surface area contributed by atoms with Crippen LogP contribution < -0.4 is 5.32 Å². The quantitative estimate of drug-likeness (QED) is 0.0610. The van der Waals surface area contributed by atoms with Crippen LogP contribution in [0.25, 0.3) is 0 Å². The zero-order valence-corrected chi connectivity index (χ0v) is 27.0. The summed E-state index contributed by atoms with van der Waals surface area (Å²) in [6.45, 7) is -0.0426. The van der Waals surface area contributed by atoms with E-state index in [4.69, 9.17) is 0 Å². The number of rotatable bonds is 18. The molecule has 0 radical (unpaired) electrons. The minimum absolute atomic E-state index is 0.0914. The molecule has 0 aliphatic heterocycles. The van der Waals surface area contributed by atoms with Gasteiger partial charge in [-0.15, -0.1) is 0 Å². The van der Waals surface area contributed by atoms with E-state index in [1.54, 1.807) is 21.1 Å². The minimum atomic E-state index is -9.32. The van der Waals surface area contributed by atoms with Crippen LogP contribution in [-0.2, 0) is 24.4 Å².